The van der Waals surface area contributed by atoms with Crippen LogP contribution in [-0.4, -0.2) is 15.0 Å². The molecule has 70 heavy (non-hydrogen) atoms. The van der Waals surface area contributed by atoms with Crippen LogP contribution < -0.4 is 0 Å². The van der Waals surface area contributed by atoms with Crippen LogP contribution in [0.15, 0.2) is 237 Å². The number of rotatable bonds is 13. The van der Waals surface area contributed by atoms with Gasteiger partial charge in [-0.2, -0.15) is 0 Å². The van der Waals surface area contributed by atoms with E-state index in [2.05, 4.69) is 76.7 Å². The van der Waals surface area contributed by atoms with E-state index in [0.29, 0.717) is 33.6 Å². The molecule has 11 rings (SSSR count). The normalized spacial score (nSPS) is 14.1. The van der Waals surface area contributed by atoms with Gasteiger partial charge in [-0.3, -0.25) is 15.0 Å². The highest BCUT2D eigenvalue weighted by Gasteiger charge is 2.17. The molecule has 0 N–H and O–H groups in total. The van der Waals surface area contributed by atoms with Crippen molar-refractivity contribution in [3.8, 4) is 78.3 Å². The topological polar surface area (TPSA) is 38.7 Å². The number of nitrogens with zero attached hydrogens (tertiary/aromatic N) is 3. The first-order valence-electron chi connectivity index (χ1n) is 28.4. The van der Waals surface area contributed by atoms with Crippen molar-refractivity contribution in [2.75, 3.05) is 0 Å². The Morgan fingerprint density at radius 3 is 1.56 bits per heavy atom. The molecule has 0 aliphatic heterocycles. The average molecular weight is 910 g/mol. The molecule has 0 spiro atoms. The van der Waals surface area contributed by atoms with Crippen molar-refractivity contribution in [1.29, 1.82) is 0 Å². The second kappa shape index (κ2) is 20.0. The molecule has 0 amide bonds. The molecule has 0 bridgehead atoms. The average Bonchev–Trinajstić information content (AvgIpc) is 3.47. The summed E-state index contributed by atoms with van der Waals surface area (Å²) in [7, 11) is 0. The van der Waals surface area contributed by atoms with Crippen LogP contribution in [-0.2, 0) is 25.6 Å². The van der Waals surface area contributed by atoms with E-state index in [4.69, 9.17) is 13.2 Å². The molecule has 0 aliphatic carbocycles. The fourth-order valence-electron chi connectivity index (χ4n) is 9.14. The maximum absolute atomic E-state index is 9.81. The zero-order valence-electron chi connectivity index (χ0n) is 48.3. The molecule has 3 heterocycles. The lowest BCUT2D eigenvalue weighted by Gasteiger charge is -2.17. The first-order chi connectivity index (χ1) is 38.4. The zero-order valence-corrected chi connectivity index (χ0v) is 38.3. The minimum absolute atomic E-state index is 0.0241. The van der Waals surface area contributed by atoms with Gasteiger partial charge in [-0.15, -0.1) is 0 Å². The zero-order chi connectivity index (χ0) is 55.8. The Hall–Kier alpha value is -8.53. The number of pyridine rings is 3. The van der Waals surface area contributed by atoms with E-state index in [1.807, 2.05) is 134 Å². The summed E-state index contributed by atoms with van der Waals surface area (Å²) in [5.41, 5.74) is 11.7. The largest absolute Gasteiger partial charge is 0.256 e. The van der Waals surface area contributed by atoms with Crippen molar-refractivity contribution in [1.82, 2.24) is 15.0 Å². The highest BCUT2D eigenvalue weighted by atomic mass is 14.7. The van der Waals surface area contributed by atoms with E-state index in [0.717, 1.165) is 61.0 Å². The molecular formula is C67H53N3. The third-order valence-electron chi connectivity index (χ3n) is 12.8. The molecule has 0 radical (unpaired) electrons. The van der Waals surface area contributed by atoms with Gasteiger partial charge in [0.2, 0.25) is 0 Å². The van der Waals surface area contributed by atoms with Crippen molar-refractivity contribution >= 4 is 10.8 Å². The predicted octanol–water partition coefficient (Wildman–Crippen LogP) is 16.9. The maximum Gasteiger partial charge on any atom is 0.0780 e. The summed E-state index contributed by atoms with van der Waals surface area (Å²) in [5.74, 6) is 0. The molecule has 8 aromatic carbocycles. The van der Waals surface area contributed by atoms with Gasteiger partial charge in [0.1, 0.15) is 0 Å². The maximum atomic E-state index is 9.81. The van der Waals surface area contributed by atoms with Crippen LogP contribution in [0.25, 0.3) is 89.1 Å². The molecular weight excluding hydrogens is 847 g/mol. The summed E-state index contributed by atoms with van der Waals surface area (Å²) in [6, 6.07) is 69.5. The molecule has 11 aromatic rings. The van der Waals surface area contributed by atoms with Crippen LogP contribution in [0.1, 0.15) is 47.1 Å². The lowest BCUT2D eigenvalue weighted by molar-refractivity contribution is 0.913. The van der Waals surface area contributed by atoms with Gasteiger partial charge in [0.05, 0.1) is 17.1 Å². The monoisotopic (exact) mass is 909 g/mol. The molecule has 3 heteroatoms. The SMILES string of the molecule is [2H]C([2H])([2H])c1cc(-c2ccccc2)ncc1CC([2H])([2H])c1cc(CC([2H])([2H])c2cnc(-c3ccccc3)cc2C([2H])([2H])[2H])cc(-c2ccccc2-c2cnc(-c3cccc(-c4ccc(-c5ccccc5)cc4)c3)c3ccccc23)c1. The Morgan fingerprint density at radius 1 is 0.343 bits per heavy atom. The van der Waals surface area contributed by atoms with Crippen molar-refractivity contribution in [3.63, 3.8) is 0 Å². The van der Waals surface area contributed by atoms with Crippen LogP contribution >= 0.6 is 0 Å². The van der Waals surface area contributed by atoms with Gasteiger partial charge in [-0.05, 0) is 135 Å². The standard InChI is InChI=1S/C67H53N3/c1-46-37-65(53-19-8-4-9-20-53)68-43-57(46)31-29-48-39-49(30-32-58-44-69-66(38-47(58)2)54-21-10-5-11-22-54)41-59(40-48)60-25-12-13-26-61(60)64-45-70-67(63-28-15-14-27-62(63)64)56-24-16-23-55(42-56)52-35-33-51(34-36-52)50-17-6-3-7-18-50/h3-28,33-45H,29-32H2,1-2H3/i1D3,2D3,29D2,32D2. The molecule has 0 saturated heterocycles. The van der Waals surface area contributed by atoms with E-state index < -0.39 is 26.4 Å². The third kappa shape index (κ3) is 9.48. The van der Waals surface area contributed by atoms with Gasteiger partial charge in [0.25, 0.3) is 0 Å². The number of benzene rings is 8. The lowest BCUT2D eigenvalue weighted by atomic mass is 9.88. The second-order valence-corrected chi connectivity index (χ2v) is 17.3. The number of hydrogen-bond acceptors (Lipinski definition) is 3. The fourth-order valence-corrected chi connectivity index (χ4v) is 9.14. The van der Waals surface area contributed by atoms with Crippen LogP contribution in [0.4, 0.5) is 0 Å². The highest BCUT2D eigenvalue weighted by molar-refractivity contribution is 6.05. The first kappa shape index (κ1) is 33.9. The third-order valence-corrected chi connectivity index (χ3v) is 12.8. The van der Waals surface area contributed by atoms with E-state index in [1.54, 1.807) is 12.1 Å². The van der Waals surface area contributed by atoms with E-state index in [1.165, 1.54) is 24.5 Å². The number of fused-ring (bicyclic) bond motifs is 1. The molecule has 3 aromatic heterocycles. The molecule has 0 fully saturated rings. The van der Waals surface area contributed by atoms with Gasteiger partial charge >= 0.3 is 0 Å². The van der Waals surface area contributed by atoms with Crippen molar-refractivity contribution in [2.45, 2.75) is 39.3 Å². The smallest absolute Gasteiger partial charge is 0.0780 e. The van der Waals surface area contributed by atoms with Crippen molar-refractivity contribution < 1.29 is 13.7 Å². The first-order valence-corrected chi connectivity index (χ1v) is 23.4. The summed E-state index contributed by atoms with van der Waals surface area (Å²) in [4.78, 5) is 14.4. The van der Waals surface area contributed by atoms with Gasteiger partial charge in [-0.25, -0.2) is 0 Å². The Balaban J connectivity index is 1.02. The fraction of sp³-hybridized carbons (Fsp3) is 0.0896. The Kier molecular flexibility index (Phi) is 9.66. The van der Waals surface area contributed by atoms with Crippen molar-refractivity contribution in [3.05, 3.63) is 270 Å². The molecule has 0 aliphatic rings. The Labute approximate surface area is 426 Å². The highest BCUT2D eigenvalue weighted by Crippen LogP contribution is 2.40. The minimum atomic E-state index is -2.70. The molecule has 0 atom stereocenters. The van der Waals surface area contributed by atoms with Crippen LogP contribution in [0.5, 0.6) is 0 Å². The van der Waals surface area contributed by atoms with E-state index >= 15 is 0 Å². The summed E-state index contributed by atoms with van der Waals surface area (Å²) in [5, 5.41) is 1.85. The van der Waals surface area contributed by atoms with Gasteiger partial charge in [0.15, 0.2) is 0 Å². The van der Waals surface area contributed by atoms with Crippen molar-refractivity contribution in [2.24, 2.45) is 0 Å². The Morgan fingerprint density at radius 2 is 0.871 bits per heavy atom. The van der Waals surface area contributed by atoms with E-state index in [-0.39, 0.29) is 40.7 Å². The van der Waals surface area contributed by atoms with Crippen LogP contribution in [0, 0.1) is 13.7 Å². The molecule has 336 valence electrons. The second-order valence-electron chi connectivity index (χ2n) is 17.3. The number of aryl methyl sites for hydroxylation is 6. The van der Waals surface area contributed by atoms with Crippen LogP contribution in [0.2, 0.25) is 0 Å². The summed E-state index contributed by atoms with van der Waals surface area (Å²) in [6.07, 6.45) is -0.684. The predicted molar refractivity (Wildman–Crippen MR) is 293 cm³/mol. The summed E-state index contributed by atoms with van der Waals surface area (Å²) < 4.78 is 90.3. The molecule has 0 unspecified atom stereocenters. The van der Waals surface area contributed by atoms with Gasteiger partial charge < -0.3 is 0 Å². The molecule has 3 nitrogen and oxygen atoms in total. The Bertz CT molecular complexity index is 4030. The van der Waals surface area contributed by atoms with Gasteiger partial charge in [0, 0.05) is 59.9 Å². The number of hydrogen-bond donors (Lipinski definition) is 0. The quantitative estimate of drug-likeness (QED) is 0.116. The minimum Gasteiger partial charge on any atom is -0.256 e. The number of aromatic nitrogens is 3. The lowest BCUT2D eigenvalue weighted by Crippen LogP contribution is -2.01. The summed E-state index contributed by atoms with van der Waals surface area (Å²) in [6.45, 7) is -5.30. The van der Waals surface area contributed by atoms with Gasteiger partial charge in [-0.1, -0.05) is 200 Å². The molecule has 0 saturated carbocycles. The summed E-state index contributed by atoms with van der Waals surface area (Å²) >= 11 is 0. The van der Waals surface area contributed by atoms with E-state index in [9.17, 15) is 5.48 Å². The van der Waals surface area contributed by atoms with Crippen LogP contribution in [0.3, 0.4) is 0 Å².